The molecule has 4 heteroatoms. The van der Waals surface area contributed by atoms with Gasteiger partial charge < -0.3 is 9.80 Å². The van der Waals surface area contributed by atoms with Crippen LogP contribution in [0, 0.1) is 0 Å². The maximum atomic E-state index is 5.37. The van der Waals surface area contributed by atoms with Crippen LogP contribution in [-0.4, -0.2) is 9.97 Å². The van der Waals surface area contributed by atoms with Crippen LogP contribution in [0.15, 0.2) is 188 Å². The van der Waals surface area contributed by atoms with Crippen LogP contribution >= 0.6 is 0 Å². The predicted molar refractivity (Wildman–Crippen MR) is 218 cm³/mol. The van der Waals surface area contributed by atoms with Crippen molar-refractivity contribution in [2.75, 3.05) is 9.80 Å². The zero-order valence-electron chi connectivity index (χ0n) is 29.7. The highest BCUT2D eigenvalue weighted by Crippen LogP contribution is 2.40. The summed E-state index contributed by atoms with van der Waals surface area (Å²) < 4.78 is 0. The van der Waals surface area contributed by atoms with E-state index in [1.165, 1.54) is 5.56 Å². The summed E-state index contributed by atoms with van der Waals surface area (Å²) in [6.45, 7) is 6.69. The van der Waals surface area contributed by atoms with E-state index < -0.39 is 0 Å². The van der Waals surface area contributed by atoms with E-state index in [9.17, 15) is 0 Å². The van der Waals surface area contributed by atoms with Crippen molar-refractivity contribution in [2.24, 2.45) is 0 Å². The number of para-hydroxylation sites is 4. The third kappa shape index (κ3) is 6.55. The summed E-state index contributed by atoms with van der Waals surface area (Å²) in [5, 5.41) is 0. The van der Waals surface area contributed by atoms with Crippen molar-refractivity contribution < 1.29 is 0 Å². The number of fused-ring (bicyclic) bond motifs is 1. The van der Waals surface area contributed by atoms with Crippen LogP contribution in [0.3, 0.4) is 0 Å². The molecule has 1 aromatic heterocycles. The Hall–Kier alpha value is -6.52. The molecule has 0 radical (unpaired) electrons. The van der Waals surface area contributed by atoms with Gasteiger partial charge in [-0.3, -0.25) is 0 Å². The largest absolute Gasteiger partial charge is 0.311 e. The van der Waals surface area contributed by atoms with E-state index in [0.717, 1.165) is 67.7 Å². The van der Waals surface area contributed by atoms with Gasteiger partial charge in [0, 0.05) is 45.3 Å². The first kappa shape index (κ1) is 32.7. The van der Waals surface area contributed by atoms with E-state index in [2.05, 4.69) is 213 Å². The molecule has 8 rings (SSSR count). The second-order valence-electron chi connectivity index (χ2n) is 14.0. The number of nitrogens with zero attached hydrogens (tertiary/aromatic N) is 4. The molecule has 7 aromatic carbocycles. The number of aromatic nitrogens is 2. The number of anilines is 6. The van der Waals surface area contributed by atoms with E-state index in [0.29, 0.717) is 0 Å². The van der Waals surface area contributed by atoms with Gasteiger partial charge in [-0.25, -0.2) is 9.97 Å². The monoisotopic (exact) mass is 672 g/mol. The summed E-state index contributed by atoms with van der Waals surface area (Å²) in [4.78, 5) is 15.2. The fraction of sp³-hybridized carbons (Fsp3) is 0.0833. The third-order valence-electron chi connectivity index (χ3n) is 9.36. The molecule has 0 saturated carbocycles. The zero-order chi connectivity index (χ0) is 35.5. The lowest BCUT2D eigenvalue weighted by Gasteiger charge is -2.28. The number of rotatable bonds is 8. The number of benzene rings is 7. The fourth-order valence-corrected chi connectivity index (χ4v) is 6.83. The van der Waals surface area contributed by atoms with E-state index >= 15 is 0 Å². The van der Waals surface area contributed by atoms with Gasteiger partial charge in [0.05, 0.1) is 22.4 Å². The second kappa shape index (κ2) is 14.0. The molecule has 0 spiro atoms. The number of hydrogen-bond acceptors (Lipinski definition) is 4. The van der Waals surface area contributed by atoms with Crippen molar-refractivity contribution in [3.8, 4) is 22.5 Å². The van der Waals surface area contributed by atoms with Crippen LogP contribution in [0.2, 0.25) is 0 Å². The molecule has 0 aliphatic heterocycles. The smallest absolute Gasteiger partial charge is 0.0973 e. The van der Waals surface area contributed by atoms with Crippen molar-refractivity contribution in [3.63, 3.8) is 0 Å². The predicted octanol–water partition coefficient (Wildman–Crippen LogP) is 13.2. The highest BCUT2D eigenvalue weighted by atomic mass is 15.2. The summed E-state index contributed by atoms with van der Waals surface area (Å²) in [7, 11) is 0. The summed E-state index contributed by atoms with van der Waals surface area (Å²) >= 11 is 0. The Balaban J connectivity index is 1.21. The lowest BCUT2D eigenvalue weighted by molar-refractivity contribution is 0.594. The number of hydrogen-bond donors (Lipinski definition) is 0. The Morgan fingerprint density at radius 3 is 1.15 bits per heavy atom. The maximum Gasteiger partial charge on any atom is 0.0973 e. The first-order valence-electron chi connectivity index (χ1n) is 17.8. The van der Waals surface area contributed by atoms with Crippen LogP contribution in [0.5, 0.6) is 0 Å². The molecule has 0 unspecified atom stereocenters. The van der Waals surface area contributed by atoms with Crippen LogP contribution in [0.4, 0.5) is 34.1 Å². The molecule has 0 aliphatic rings. The average molecular weight is 673 g/mol. The Labute approximate surface area is 306 Å². The topological polar surface area (TPSA) is 32.3 Å². The summed E-state index contributed by atoms with van der Waals surface area (Å²) in [5.74, 6) is 0. The highest BCUT2D eigenvalue weighted by Gasteiger charge is 2.22. The molecule has 0 bridgehead atoms. The molecular weight excluding hydrogens is 633 g/mol. The van der Waals surface area contributed by atoms with E-state index in [4.69, 9.17) is 9.97 Å². The molecule has 4 nitrogen and oxygen atoms in total. The van der Waals surface area contributed by atoms with Gasteiger partial charge in [0.15, 0.2) is 0 Å². The van der Waals surface area contributed by atoms with Gasteiger partial charge in [0.1, 0.15) is 0 Å². The van der Waals surface area contributed by atoms with Gasteiger partial charge in [-0.05, 0) is 89.8 Å². The van der Waals surface area contributed by atoms with Crippen LogP contribution in [0.1, 0.15) is 26.3 Å². The van der Waals surface area contributed by atoms with Gasteiger partial charge in [-0.15, -0.1) is 0 Å². The van der Waals surface area contributed by atoms with Gasteiger partial charge in [-0.1, -0.05) is 130 Å². The van der Waals surface area contributed by atoms with Crippen molar-refractivity contribution in [1.82, 2.24) is 9.97 Å². The van der Waals surface area contributed by atoms with Gasteiger partial charge in [-0.2, -0.15) is 0 Å². The van der Waals surface area contributed by atoms with Crippen LogP contribution in [0.25, 0.3) is 33.5 Å². The SMILES string of the molecule is CC(C)(C)c1cccc2nc(-c3ccccc3)c(-c3ccc(N(c4ccccc4)c4ccc(N(c5ccccc5)c5ccccc5)cc4)cc3)nc12. The fourth-order valence-electron chi connectivity index (χ4n) is 6.83. The van der Waals surface area contributed by atoms with E-state index in [1.54, 1.807) is 0 Å². The first-order valence-corrected chi connectivity index (χ1v) is 17.8. The molecule has 252 valence electrons. The Morgan fingerprint density at radius 2 is 0.712 bits per heavy atom. The standard InChI is InChI=1S/C48H40N4/c1-48(2,3)43-25-16-26-44-47(43)50-46(45(49-44)35-17-8-4-9-18-35)36-27-29-40(30-28-36)52(39-23-14-7-15-24-39)42-33-31-41(32-34-42)51(37-19-10-5-11-20-37)38-21-12-6-13-22-38/h4-34H,1-3H3. The Bertz CT molecular complexity index is 2360. The quantitative estimate of drug-likeness (QED) is 0.161. The molecular formula is C48H40N4. The molecule has 0 atom stereocenters. The van der Waals surface area contributed by atoms with Crippen molar-refractivity contribution >= 4 is 45.2 Å². The Morgan fingerprint density at radius 1 is 0.346 bits per heavy atom. The Kier molecular flexibility index (Phi) is 8.80. The second-order valence-corrected chi connectivity index (χ2v) is 14.0. The minimum absolute atomic E-state index is 0.0749. The molecule has 0 aliphatic carbocycles. The normalized spacial score (nSPS) is 11.4. The average Bonchev–Trinajstić information content (AvgIpc) is 3.19. The highest BCUT2D eigenvalue weighted by molar-refractivity contribution is 5.89. The molecule has 0 amide bonds. The van der Waals surface area contributed by atoms with Gasteiger partial charge in [0.25, 0.3) is 0 Å². The minimum atomic E-state index is -0.0749. The van der Waals surface area contributed by atoms with Crippen LogP contribution in [-0.2, 0) is 5.41 Å². The van der Waals surface area contributed by atoms with Crippen LogP contribution < -0.4 is 9.80 Å². The van der Waals surface area contributed by atoms with E-state index in [1.807, 2.05) is 6.07 Å². The maximum absolute atomic E-state index is 5.37. The van der Waals surface area contributed by atoms with E-state index in [-0.39, 0.29) is 5.41 Å². The summed E-state index contributed by atoms with van der Waals surface area (Å²) in [6, 6.07) is 65.8. The molecule has 52 heavy (non-hydrogen) atoms. The van der Waals surface area contributed by atoms with Gasteiger partial charge in [0.2, 0.25) is 0 Å². The molecule has 1 heterocycles. The third-order valence-corrected chi connectivity index (χ3v) is 9.36. The first-order chi connectivity index (χ1) is 25.4. The van der Waals surface area contributed by atoms with Crippen molar-refractivity contribution in [1.29, 1.82) is 0 Å². The molecule has 0 saturated heterocycles. The molecule has 8 aromatic rings. The summed E-state index contributed by atoms with van der Waals surface area (Å²) in [5.41, 5.74) is 13.3. The lowest BCUT2D eigenvalue weighted by Crippen LogP contribution is -2.13. The molecule has 0 N–H and O–H groups in total. The molecule has 0 fully saturated rings. The minimum Gasteiger partial charge on any atom is -0.311 e. The van der Waals surface area contributed by atoms with Crippen molar-refractivity contribution in [3.05, 3.63) is 194 Å². The zero-order valence-corrected chi connectivity index (χ0v) is 29.7. The lowest BCUT2D eigenvalue weighted by atomic mass is 9.86. The van der Waals surface area contributed by atoms with Crippen molar-refractivity contribution in [2.45, 2.75) is 26.2 Å². The van der Waals surface area contributed by atoms with Gasteiger partial charge >= 0.3 is 0 Å². The summed E-state index contributed by atoms with van der Waals surface area (Å²) in [6.07, 6.45) is 0.